The summed E-state index contributed by atoms with van der Waals surface area (Å²) in [6, 6.07) is 3.66. The van der Waals surface area contributed by atoms with Gasteiger partial charge in [-0.15, -0.1) is 49.4 Å². The molecular weight excluding hydrogens is 608 g/mol. The summed E-state index contributed by atoms with van der Waals surface area (Å²) in [6.45, 7) is 13.6. The molecule has 0 saturated carbocycles. The Morgan fingerprint density at radius 1 is 0.870 bits per heavy atom. The lowest BCUT2D eigenvalue weighted by molar-refractivity contribution is 0.0520. The molecule has 0 aliphatic rings. The molecule has 0 unspecified atom stereocenters. The summed E-state index contributed by atoms with van der Waals surface area (Å²) in [6.07, 6.45) is 25.1. The third-order valence-corrected chi connectivity index (χ3v) is 3.50. The Balaban J connectivity index is -0.0000000891. The third-order valence-electron chi connectivity index (χ3n) is 3.50. The van der Waals surface area contributed by atoms with Gasteiger partial charge in [-0.2, -0.15) is 23.9 Å². The molecule has 0 fully saturated rings. The highest BCUT2D eigenvalue weighted by Gasteiger charge is 2.15. The van der Waals surface area contributed by atoms with E-state index in [-0.39, 0.29) is 6.61 Å². The van der Waals surface area contributed by atoms with Gasteiger partial charge in [0.2, 0.25) is 0 Å². The van der Waals surface area contributed by atoms with E-state index in [0.29, 0.717) is 78.2 Å². The van der Waals surface area contributed by atoms with Crippen molar-refractivity contribution in [1.82, 2.24) is 5.32 Å². The van der Waals surface area contributed by atoms with Crippen molar-refractivity contribution < 1.29 is 34.0 Å². The second-order valence-corrected chi connectivity index (χ2v) is 8.54. The number of allylic oxidation sites excluding steroid dienone is 1. The standard InChI is InChI=1S/C12H21NO3.C7H13NO.C7H9NO.C4H6O.C3H3N.CH4O.H2S/c1-5-6-9-15-10-7-8-13-11(14)16-12(2,3)4;2*1-2-3-6-9-7-4-5-8;1-2-3-4-5;1-2-3-4;1-2;/h1H,6-10H2,2-4H3,(H,13,14);1H,3-8H2;1H,3-4,6-7H2;1,5H,3-4H2;2H,1H2;2H,1H3;1H2/i/hD. The van der Waals surface area contributed by atoms with Gasteiger partial charge in [-0.05, 0) is 40.2 Å². The summed E-state index contributed by atoms with van der Waals surface area (Å²) >= 11 is 2.78. The zero-order valence-corrected chi connectivity index (χ0v) is 29.2. The lowest BCUT2D eigenvalue weighted by atomic mass is 10.2. The van der Waals surface area contributed by atoms with Crippen molar-refractivity contribution >= 4 is 19.5 Å². The van der Waals surface area contributed by atoms with Crippen LogP contribution < -0.4 is 11.1 Å². The second-order valence-electron chi connectivity index (χ2n) is 8.54. The molecule has 0 radical (unpaired) electrons. The van der Waals surface area contributed by atoms with Crippen molar-refractivity contribution in [3.8, 4) is 61.5 Å². The molecule has 0 heterocycles. The first-order valence-electron chi connectivity index (χ1n) is 14.6. The Bertz CT molecular complexity index is 860. The number of nitrogens with two attached hydrogens (primary N) is 1. The van der Waals surface area contributed by atoms with Gasteiger partial charge in [0.05, 0.1) is 52.7 Å². The molecule has 11 nitrogen and oxygen atoms in total. The molecule has 46 heavy (non-hydrogen) atoms. The Kier molecular flexibility index (Phi) is 72.1. The maximum absolute atomic E-state index is 11.2. The number of nitriles is 2. The minimum atomic E-state index is -0.451. The van der Waals surface area contributed by atoms with Gasteiger partial charge in [-0.25, -0.2) is 4.79 Å². The van der Waals surface area contributed by atoms with Crippen LogP contribution in [0.2, 0.25) is 0 Å². The summed E-state index contributed by atoms with van der Waals surface area (Å²) in [5.74, 6) is 9.68. The molecule has 0 bridgehead atoms. The number of nitrogens with zero attached hydrogens (tertiary/aromatic N) is 2. The number of aliphatic hydroxyl groups excluding tert-OH is 2. The molecular formula is C34H58N4O7S. The van der Waals surface area contributed by atoms with E-state index >= 15 is 0 Å². The van der Waals surface area contributed by atoms with E-state index in [2.05, 4.69) is 49.0 Å². The number of hydrogen-bond acceptors (Lipinski definition) is 10. The summed E-state index contributed by atoms with van der Waals surface area (Å²) < 4.78 is 25.8. The minimum absolute atomic E-state index is 0.108. The Morgan fingerprint density at radius 2 is 1.26 bits per heavy atom. The van der Waals surface area contributed by atoms with Crippen molar-refractivity contribution in [3.05, 3.63) is 12.7 Å². The third kappa shape index (κ3) is 97.2. The maximum atomic E-state index is 11.2. The fourth-order valence-electron chi connectivity index (χ4n) is 1.75. The summed E-state index contributed by atoms with van der Waals surface area (Å²) in [7, 11) is 1.00. The number of nitrogens with one attached hydrogen (secondary N) is 1. The van der Waals surface area contributed by atoms with Crippen molar-refractivity contribution in [3.63, 3.8) is 0 Å². The van der Waals surface area contributed by atoms with E-state index in [0.717, 1.165) is 26.6 Å². The molecule has 0 aliphatic heterocycles. The fraction of sp³-hybridized carbons (Fsp3) is 0.618. The second kappa shape index (κ2) is 60.5. The molecule has 0 rings (SSSR count). The Hall–Kier alpha value is -3.66. The molecule has 0 aliphatic carbocycles. The zero-order chi connectivity index (χ0) is 37.9. The lowest BCUT2D eigenvalue weighted by Crippen LogP contribution is -2.33. The number of carbonyl (C=O) groups is 1. The van der Waals surface area contributed by atoms with Crippen molar-refractivity contribution in [1.29, 1.82) is 11.6 Å². The van der Waals surface area contributed by atoms with Gasteiger partial charge in [-0.3, -0.25) is 0 Å². The predicted molar refractivity (Wildman–Crippen MR) is 190 cm³/mol. The number of rotatable bonds is 16. The molecule has 0 saturated heterocycles. The van der Waals surface area contributed by atoms with Crippen molar-refractivity contribution in [2.45, 2.75) is 71.3 Å². The number of hydrogen-bond donors (Lipinski definition) is 4. The average molecular weight is 668 g/mol. The molecule has 5 N–H and O–H groups in total. The Labute approximate surface area is 287 Å². The molecule has 12 heteroatoms. The van der Waals surface area contributed by atoms with Crippen molar-refractivity contribution in [2.75, 3.05) is 66.4 Å². The van der Waals surface area contributed by atoms with Crippen LogP contribution in [-0.2, 0) is 18.9 Å². The van der Waals surface area contributed by atoms with Crippen LogP contribution in [0, 0.1) is 72.0 Å². The summed E-state index contributed by atoms with van der Waals surface area (Å²) in [5, 5.41) is 33.1. The number of ether oxygens (including phenoxy) is 4. The highest BCUT2D eigenvalue weighted by Crippen LogP contribution is 2.06. The molecule has 0 aromatic carbocycles. The average Bonchev–Trinajstić information content (AvgIpc) is 3.07. The molecule has 1 amide bonds. The normalized spacial score (nSPS) is 8.26. The monoisotopic (exact) mass is 667 g/mol. The molecule has 0 spiro atoms. The van der Waals surface area contributed by atoms with Crippen LogP contribution in [0.1, 0.15) is 65.7 Å². The first-order chi connectivity index (χ1) is 22.6. The zero-order valence-electron chi connectivity index (χ0n) is 29.3. The predicted octanol–water partition coefficient (Wildman–Crippen LogP) is 3.68. The lowest BCUT2D eigenvalue weighted by Gasteiger charge is -2.19. The number of terminal acetylenes is 4. The maximum Gasteiger partial charge on any atom is 0.407 e. The van der Waals surface area contributed by atoms with Crippen LogP contribution in [0.25, 0.3) is 0 Å². The first-order valence-corrected chi connectivity index (χ1v) is 14.2. The van der Waals surface area contributed by atoms with Crippen LogP contribution in [0.15, 0.2) is 12.7 Å². The van der Waals surface area contributed by atoms with Crippen LogP contribution in [-0.4, -0.2) is 89.5 Å². The van der Waals surface area contributed by atoms with E-state index in [1.807, 2.05) is 26.8 Å². The summed E-state index contributed by atoms with van der Waals surface area (Å²) in [4.78, 5) is 11.2. The number of carbonyl (C=O) groups excluding carboxylic acids is 1. The van der Waals surface area contributed by atoms with Gasteiger partial charge in [0.25, 0.3) is 0 Å². The van der Waals surface area contributed by atoms with Crippen LogP contribution in [0.4, 0.5) is 4.79 Å². The highest BCUT2D eigenvalue weighted by atomic mass is 32.1. The Morgan fingerprint density at radius 3 is 1.57 bits per heavy atom. The van der Waals surface area contributed by atoms with Gasteiger partial charge in [-0.1, -0.05) is 6.58 Å². The van der Waals surface area contributed by atoms with Gasteiger partial charge in [0.1, 0.15) is 5.60 Å². The molecule has 262 valence electrons. The van der Waals surface area contributed by atoms with E-state index in [9.17, 15) is 4.79 Å². The van der Waals surface area contributed by atoms with Crippen LogP contribution in [0.5, 0.6) is 0 Å². The number of alkyl carbamates (subject to hydrolysis) is 1. The van der Waals surface area contributed by atoms with Crippen LogP contribution in [0.3, 0.4) is 0 Å². The first kappa shape index (κ1) is 54.8. The van der Waals surface area contributed by atoms with Gasteiger partial charge in [0, 0.05) is 58.6 Å². The van der Waals surface area contributed by atoms with Gasteiger partial charge < -0.3 is 40.2 Å². The van der Waals surface area contributed by atoms with Crippen molar-refractivity contribution in [2.24, 2.45) is 5.73 Å². The fourth-order valence-corrected chi connectivity index (χ4v) is 1.75. The molecule has 0 aromatic rings. The summed E-state index contributed by atoms with van der Waals surface area (Å²) in [5.41, 5.74) is 4.77. The number of aliphatic hydroxyl groups is 2. The van der Waals surface area contributed by atoms with E-state index in [1.165, 1.54) is 6.08 Å². The number of amides is 1. The topological polar surface area (TPSA) is 180 Å². The SMILES string of the molecule is C#CCCO.C#CCCOCCC#N.C#CCCOCCCN.C#CCCOCCCNC(=O)OC(C)(C)C.C=CC#N.CO.[2H]S. The molecule has 0 aromatic heterocycles. The van der Waals surface area contributed by atoms with Gasteiger partial charge in [0.15, 0.2) is 0 Å². The van der Waals surface area contributed by atoms with E-state index < -0.39 is 11.7 Å². The minimum Gasteiger partial charge on any atom is -0.444 e. The van der Waals surface area contributed by atoms with E-state index in [1.54, 1.807) is 6.07 Å². The smallest absolute Gasteiger partial charge is 0.407 e. The molecule has 0 atom stereocenters. The quantitative estimate of drug-likeness (QED) is 0.108. The van der Waals surface area contributed by atoms with Crippen LogP contribution >= 0.6 is 13.4 Å². The van der Waals surface area contributed by atoms with E-state index in [4.69, 9.17) is 72.2 Å². The largest absolute Gasteiger partial charge is 0.444 e. The van der Waals surface area contributed by atoms with Gasteiger partial charge >= 0.3 is 6.09 Å². The highest BCUT2D eigenvalue weighted by molar-refractivity contribution is 7.59.